The largest absolute Gasteiger partial charge is 0.496 e. The first-order valence-corrected chi connectivity index (χ1v) is 4.06. The van der Waals surface area contributed by atoms with Gasteiger partial charge in [-0.1, -0.05) is 0 Å². The number of hydrogen-bond donors (Lipinski definition) is 3. The predicted molar refractivity (Wildman–Crippen MR) is 66.1 cm³/mol. The smallest absolute Gasteiger partial charge is 0.122 e. The van der Waals surface area contributed by atoms with Crippen molar-refractivity contribution < 1.29 is 9.84 Å². The molecule has 0 saturated carbocycles. The fraction of sp³-hybridized carbons (Fsp3) is 0.333. The standard InChI is InChI=1S/C9H14N2O2.2ClH/c1-13-9-3-2-8(11-10)6-7(9)4-5-12;;/h2-3,6,11-12H,4-5,10H2,1H3;2*1H. The third kappa shape index (κ3) is 4.57. The first-order chi connectivity index (χ1) is 6.31. The molecule has 4 N–H and O–H groups in total. The van der Waals surface area contributed by atoms with E-state index in [1.165, 1.54) is 0 Å². The Hall–Kier alpha value is -0.680. The first kappa shape index (κ1) is 16.7. The summed E-state index contributed by atoms with van der Waals surface area (Å²) in [6.07, 6.45) is 0.568. The summed E-state index contributed by atoms with van der Waals surface area (Å²) >= 11 is 0. The molecule has 0 fully saturated rings. The second-order valence-corrected chi connectivity index (χ2v) is 2.64. The van der Waals surface area contributed by atoms with Crippen molar-refractivity contribution in [2.75, 3.05) is 19.1 Å². The molecule has 0 atom stereocenters. The summed E-state index contributed by atoms with van der Waals surface area (Å²) in [6, 6.07) is 5.49. The van der Waals surface area contributed by atoms with E-state index in [0.29, 0.717) is 6.42 Å². The van der Waals surface area contributed by atoms with Gasteiger partial charge in [-0.05, 0) is 30.2 Å². The number of halogens is 2. The number of aliphatic hydroxyl groups is 1. The molecule has 0 spiro atoms. The molecule has 0 amide bonds. The van der Waals surface area contributed by atoms with Crippen LogP contribution in [-0.4, -0.2) is 18.8 Å². The lowest BCUT2D eigenvalue weighted by Crippen LogP contribution is -2.07. The van der Waals surface area contributed by atoms with Gasteiger partial charge in [0.2, 0.25) is 0 Å². The van der Waals surface area contributed by atoms with Gasteiger partial charge in [-0.25, -0.2) is 0 Å². The van der Waals surface area contributed by atoms with Crippen LogP contribution in [0.4, 0.5) is 5.69 Å². The number of nitrogens with two attached hydrogens (primary N) is 1. The zero-order valence-corrected chi connectivity index (χ0v) is 10.0. The SMILES string of the molecule is COc1ccc(NN)cc1CCO.Cl.Cl. The van der Waals surface area contributed by atoms with Gasteiger partial charge in [0.05, 0.1) is 7.11 Å². The second kappa shape index (κ2) is 8.61. The minimum atomic E-state index is 0. The van der Waals surface area contributed by atoms with Crippen molar-refractivity contribution in [3.05, 3.63) is 23.8 Å². The Balaban J connectivity index is 0. The van der Waals surface area contributed by atoms with Crippen molar-refractivity contribution in [1.29, 1.82) is 0 Å². The summed E-state index contributed by atoms with van der Waals surface area (Å²) in [4.78, 5) is 0. The first-order valence-electron chi connectivity index (χ1n) is 4.06. The van der Waals surface area contributed by atoms with Gasteiger partial charge >= 0.3 is 0 Å². The van der Waals surface area contributed by atoms with Gasteiger partial charge < -0.3 is 15.3 Å². The average Bonchev–Trinajstić information content (AvgIpc) is 2.18. The fourth-order valence-electron chi connectivity index (χ4n) is 1.18. The van der Waals surface area contributed by atoms with E-state index in [2.05, 4.69) is 5.43 Å². The van der Waals surface area contributed by atoms with Crippen molar-refractivity contribution in [3.63, 3.8) is 0 Å². The number of hydrogen-bond acceptors (Lipinski definition) is 4. The van der Waals surface area contributed by atoms with Crippen LogP contribution in [0, 0.1) is 0 Å². The minimum Gasteiger partial charge on any atom is -0.496 e. The Kier molecular flexibility index (Phi) is 9.61. The quantitative estimate of drug-likeness (QED) is 0.561. The highest BCUT2D eigenvalue weighted by Crippen LogP contribution is 2.22. The molecule has 0 bridgehead atoms. The molecule has 0 unspecified atom stereocenters. The molecule has 0 radical (unpaired) electrons. The van der Waals surface area contributed by atoms with E-state index in [9.17, 15) is 0 Å². The highest BCUT2D eigenvalue weighted by Gasteiger charge is 2.02. The molecule has 0 aliphatic heterocycles. The molecule has 1 aromatic rings. The number of ether oxygens (including phenoxy) is 1. The number of hydrazine groups is 1. The van der Waals surface area contributed by atoms with Gasteiger partial charge in [0.15, 0.2) is 0 Å². The third-order valence-electron chi connectivity index (χ3n) is 1.83. The normalized spacial score (nSPS) is 8.47. The van der Waals surface area contributed by atoms with E-state index >= 15 is 0 Å². The Labute approximate surface area is 102 Å². The topological polar surface area (TPSA) is 67.5 Å². The Morgan fingerprint density at radius 3 is 2.53 bits per heavy atom. The molecule has 4 nitrogen and oxygen atoms in total. The zero-order chi connectivity index (χ0) is 9.68. The molecule has 0 aliphatic rings. The van der Waals surface area contributed by atoms with Gasteiger partial charge in [0, 0.05) is 12.3 Å². The van der Waals surface area contributed by atoms with Gasteiger partial charge in [-0.15, -0.1) is 24.8 Å². The molecule has 88 valence electrons. The lowest BCUT2D eigenvalue weighted by molar-refractivity contribution is 0.297. The molecule has 0 saturated heterocycles. The molecule has 0 aromatic heterocycles. The monoisotopic (exact) mass is 254 g/mol. The zero-order valence-electron chi connectivity index (χ0n) is 8.40. The van der Waals surface area contributed by atoms with Crippen LogP contribution < -0.4 is 16.0 Å². The number of methoxy groups -OCH3 is 1. The number of benzene rings is 1. The van der Waals surface area contributed by atoms with Crippen molar-refractivity contribution in [1.82, 2.24) is 0 Å². The van der Waals surface area contributed by atoms with Crippen LogP contribution in [-0.2, 0) is 6.42 Å². The maximum Gasteiger partial charge on any atom is 0.122 e. The Morgan fingerprint density at radius 1 is 1.40 bits per heavy atom. The number of anilines is 1. The Morgan fingerprint density at radius 2 is 2.07 bits per heavy atom. The number of nitrogens with one attached hydrogen (secondary N) is 1. The molecule has 1 aromatic carbocycles. The Bertz CT molecular complexity index is 285. The van der Waals surface area contributed by atoms with Gasteiger partial charge in [0.1, 0.15) is 5.75 Å². The minimum absolute atomic E-state index is 0. The van der Waals surface area contributed by atoms with Crippen LogP contribution in [0.2, 0.25) is 0 Å². The molecule has 15 heavy (non-hydrogen) atoms. The lowest BCUT2D eigenvalue weighted by Gasteiger charge is -2.09. The van der Waals surface area contributed by atoms with Crippen molar-refractivity contribution in [2.24, 2.45) is 5.84 Å². The summed E-state index contributed by atoms with van der Waals surface area (Å²) in [5.74, 6) is 6.02. The maximum atomic E-state index is 8.80. The molecule has 0 heterocycles. The second-order valence-electron chi connectivity index (χ2n) is 2.64. The molecular weight excluding hydrogens is 239 g/mol. The van der Waals surface area contributed by atoms with Crippen LogP contribution in [0.3, 0.4) is 0 Å². The van der Waals surface area contributed by atoms with Crippen molar-refractivity contribution >= 4 is 30.5 Å². The number of nitrogen functional groups attached to an aromatic ring is 1. The average molecular weight is 255 g/mol. The van der Waals surface area contributed by atoms with E-state index in [0.717, 1.165) is 17.0 Å². The third-order valence-corrected chi connectivity index (χ3v) is 1.83. The van der Waals surface area contributed by atoms with Gasteiger partial charge in [0.25, 0.3) is 0 Å². The molecular formula is C9H16Cl2N2O2. The van der Waals surface area contributed by atoms with E-state index < -0.39 is 0 Å². The summed E-state index contributed by atoms with van der Waals surface area (Å²) in [5.41, 5.74) is 4.29. The van der Waals surface area contributed by atoms with Crippen LogP contribution >= 0.6 is 24.8 Å². The highest BCUT2D eigenvalue weighted by atomic mass is 35.5. The number of aliphatic hydroxyl groups excluding tert-OH is 1. The fourth-order valence-corrected chi connectivity index (χ4v) is 1.18. The van der Waals surface area contributed by atoms with E-state index in [1.807, 2.05) is 18.2 Å². The summed E-state index contributed by atoms with van der Waals surface area (Å²) in [5, 5.41) is 8.80. The molecule has 1 rings (SSSR count). The summed E-state index contributed by atoms with van der Waals surface area (Å²) < 4.78 is 5.12. The van der Waals surface area contributed by atoms with Crippen LogP contribution in [0.5, 0.6) is 5.75 Å². The van der Waals surface area contributed by atoms with Gasteiger partial charge in [-0.3, -0.25) is 5.84 Å². The predicted octanol–water partition coefficient (Wildman–Crippen LogP) is 1.36. The van der Waals surface area contributed by atoms with Crippen LogP contribution in [0.1, 0.15) is 5.56 Å². The van der Waals surface area contributed by atoms with Gasteiger partial charge in [-0.2, -0.15) is 0 Å². The van der Waals surface area contributed by atoms with Crippen molar-refractivity contribution in [2.45, 2.75) is 6.42 Å². The lowest BCUT2D eigenvalue weighted by atomic mass is 10.1. The van der Waals surface area contributed by atoms with Crippen LogP contribution in [0.25, 0.3) is 0 Å². The summed E-state index contributed by atoms with van der Waals surface area (Å²) in [7, 11) is 1.60. The van der Waals surface area contributed by atoms with E-state index in [-0.39, 0.29) is 31.4 Å². The molecule has 6 heteroatoms. The molecule has 0 aliphatic carbocycles. The highest BCUT2D eigenvalue weighted by molar-refractivity contribution is 5.85. The van der Waals surface area contributed by atoms with E-state index in [1.54, 1.807) is 7.11 Å². The maximum absolute atomic E-state index is 8.80. The van der Waals surface area contributed by atoms with Crippen molar-refractivity contribution in [3.8, 4) is 5.75 Å². The summed E-state index contributed by atoms with van der Waals surface area (Å²) in [6.45, 7) is 0.102. The van der Waals surface area contributed by atoms with Crippen LogP contribution in [0.15, 0.2) is 18.2 Å². The number of rotatable bonds is 4. The van der Waals surface area contributed by atoms with E-state index in [4.69, 9.17) is 15.7 Å².